The summed E-state index contributed by atoms with van der Waals surface area (Å²) >= 11 is 0. The summed E-state index contributed by atoms with van der Waals surface area (Å²) < 4.78 is 5.37. The molecule has 1 N–H and O–H groups in total. The molecule has 1 aromatic carbocycles. The Morgan fingerprint density at radius 3 is 2.52 bits per heavy atom. The molecule has 0 radical (unpaired) electrons. The van der Waals surface area contributed by atoms with Gasteiger partial charge in [-0.3, -0.25) is 9.89 Å². The number of guanidine groups is 1. The van der Waals surface area contributed by atoms with Crippen LogP contribution in [0.25, 0.3) is 0 Å². The molecule has 0 aliphatic carbocycles. The van der Waals surface area contributed by atoms with Gasteiger partial charge in [0.2, 0.25) is 0 Å². The highest BCUT2D eigenvalue weighted by molar-refractivity contribution is 5.80. The van der Waals surface area contributed by atoms with Crippen molar-refractivity contribution in [3.63, 3.8) is 0 Å². The molecule has 2 rings (SSSR count). The summed E-state index contributed by atoms with van der Waals surface area (Å²) in [5, 5.41) is 3.40. The minimum Gasteiger partial charge on any atom is -0.380 e. The molecular weight excluding hydrogens is 288 g/mol. The average molecular weight is 318 g/mol. The van der Waals surface area contributed by atoms with Crippen LogP contribution >= 0.6 is 0 Å². The van der Waals surface area contributed by atoms with Gasteiger partial charge < -0.3 is 15.0 Å². The predicted molar refractivity (Wildman–Crippen MR) is 95.8 cm³/mol. The number of aliphatic imine (C=N–C) groups is 1. The third-order valence-electron chi connectivity index (χ3n) is 3.96. The topological polar surface area (TPSA) is 40.1 Å². The molecule has 1 saturated heterocycles. The first-order valence-corrected chi connectivity index (χ1v) is 8.70. The lowest BCUT2D eigenvalue weighted by Gasteiger charge is -2.36. The summed E-state index contributed by atoms with van der Waals surface area (Å²) in [6.07, 6.45) is 0. The zero-order chi connectivity index (χ0) is 16.3. The molecular formula is C18H30N4O. The summed E-state index contributed by atoms with van der Waals surface area (Å²) in [5.41, 5.74) is 1.39. The van der Waals surface area contributed by atoms with Crippen molar-refractivity contribution >= 4 is 5.96 Å². The fourth-order valence-electron chi connectivity index (χ4n) is 2.75. The standard InChI is InChI=1S/C18H30N4O/c1-3-19-18(20-10-15-23-4-2)22-13-11-21(12-14-22)16-17-8-6-5-7-9-17/h5-9H,3-4,10-16H2,1-2H3,(H,19,20). The van der Waals surface area contributed by atoms with Gasteiger partial charge in [0.1, 0.15) is 0 Å². The Morgan fingerprint density at radius 1 is 1.13 bits per heavy atom. The van der Waals surface area contributed by atoms with E-state index in [1.807, 2.05) is 6.92 Å². The number of benzene rings is 1. The molecule has 0 spiro atoms. The Kier molecular flexibility index (Phi) is 7.90. The van der Waals surface area contributed by atoms with E-state index >= 15 is 0 Å². The van der Waals surface area contributed by atoms with E-state index in [0.717, 1.165) is 58.4 Å². The van der Waals surface area contributed by atoms with Gasteiger partial charge in [0, 0.05) is 45.9 Å². The van der Waals surface area contributed by atoms with Crippen LogP contribution in [0.1, 0.15) is 19.4 Å². The normalized spacial score (nSPS) is 16.6. The van der Waals surface area contributed by atoms with Gasteiger partial charge in [0.15, 0.2) is 5.96 Å². The number of piperazine rings is 1. The summed E-state index contributed by atoms with van der Waals surface area (Å²) in [5.74, 6) is 1.02. The number of hydrogen-bond donors (Lipinski definition) is 1. The Hall–Kier alpha value is -1.59. The van der Waals surface area contributed by atoms with Gasteiger partial charge in [0.05, 0.1) is 13.2 Å². The highest BCUT2D eigenvalue weighted by Crippen LogP contribution is 2.08. The molecule has 1 heterocycles. The first kappa shape index (κ1) is 17.8. The first-order chi connectivity index (χ1) is 11.3. The summed E-state index contributed by atoms with van der Waals surface area (Å²) in [7, 11) is 0. The van der Waals surface area contributed by atoms with Crippen molar-refractivity contribution in [2.75, 3.05) is 52.5 Å². The second-order valence-corrected chi connectivity index (χ2v) is 5.68. The second kappa shape index (κ2) is 10.2. The van der Waals surface area contributed by atoms with E-state index in [1.54, 1.807) is 0 Å². The lowest BCUT2D eigenvalue weighted by molar-refractivity contribution is 0.154. The van der Waals surface area contributed by atoms with Crippen LogP contribution in [-0.4, -0.2) is 68.2 Å². The van der Waals surface area contributed by atoms with Gasteiger partial charge in [-0.2, -0.15) is 0 Å². The molecule has 128 valence electrons. The molecule has 1 aliphatic heterocycles. The minimum absolute atomic E-state index is 0.694. The van der Waals surface area contributed by atoms with Crippen molar-refractivity contribution in [3.8, 4) is 0 Å². The van der Waals surface area contributed by atoms with Crippen LogP contribution in [0.5, 0.6) is 0 Å². The molecule has 0 amide bonds. The fraction of sp³-hybridized carbons (Fsp3) is 0.611. The van der Waals surface area contributed by atoms with E-state index in [9.17, 15) is 0 Å². The third kappa shape index (κ3) is 6.20. The molecule has 0 bridgehead atoms. The molecule has 0 saturated carbocycles. The maximum atomic E-state index is 5.37. The van der Waals surface area contributed by atoms with Gasteiger partial charge in [0.25, 0.3) is 0 Å². The molecule has 1 fully saturated rings. The molecule has 5 nitrogen and oxygen atoms in total. The van der Waals surface area contributed by atoms with Crippen molar-refractivity contribution < 1.29 is 4.74 Å². The minimum atomic E-state index is 0.694. The SMILES string of the molecule is CCNC(=NCCOCC)N1CCN(Cc2ccccc2)CC1. The number of nitrogens with one attached hydrogen (secondary N) is 1. The van der Waals surface area contributed by atoms with Crippen LogP contribution in [0.15, 0.2) is 35.3 Å². The van der Waals surface area contributed by atoms with Crippen LogP contribution in [0, 0.1) is 0 Å². The van der Waals surface area contributed by atoms with E-state index in [2.05, 4.69) is 57.4 Å². The molecule has 23 heavy (non-hydrogen) atoms. The zero-order valence-electron chi connectivity index (χ0n) is 14.5. The number of nitrogens with zero attached hydrogens (tertiary/aromatic N) is 3. The number of ether oxygens (including phenoxy) is 1. The lowest BCUT2D eigenvalue weighted by atomic mass is 10.2. The molecule has 0 aromatic heterocycles. The van der Waals surface area contributed by atoms with E-state index in [1.165, 1.54) is 5.56 Å². The Balaban J connectivity index is 1.80. The van der Waals surface area contributed by atoms with Gasteiger partial charge in [-0.1, -0.05) is 30.3 Å². The predicted octanol–water partition coefficient (Wildman–Crippen LogP) is 1.81. The van der Waals surface area contributed by atoms with E-state index in [0.29, 0.717) is 6.61 Å². The monoisotopic (exact) mass is 318 g/mol. The third-order valence-corrected chi connectivity index (χ3v) is 3.96. The summed E-state index contributed by atoms with van der Waals surface area (Å²) in [4.78, 5) is 9.54. The van der Waals surface area contributed by atoms with Crippen LogP contribution in [0.2, 0.25) is 0 Å². The fourth-order valence-corrected chi connectivity index (χ4v) is 2.75. The van der Waals surface area contributed by atoms with Crippen LogP contribution < -0.4 is 5.32 Å². The van der Waals surface area contributed by atoms with Crippen molar-refractivity contribution in [1.29, 1.82) is 0 Å². The molecule has 5 heteroatoms. The number of hydrogen-bond acceptors (Lipinski definition) is 3. The van der Waals surface area contributed by atoms with Crippen molar-refractivity contribution in [2.24, 2.45) is 4.99 Å². The Morgan fingerprint density at radius 2 is 1.87 bits per heavy atom. The Labute approximate surface area is 140 Å². The second-order valence-electron chi connectivity index (χ2n) is 5.68. The van der Waals surface area contributed by atoms with E-state index in [-0.39, 0.29) is 0 Å². The van der Waals surface area contributed by atoms with E-state index < -0.39 is 0 Å². The molecule has 0 atom stereocenters. The van der Waals surface area contributed by atoms with Gasteiger partial charge in [-0.25, -0.2) is 0 Å². The van der Waals surface area contributed by atoms with Crippen molar-refractivity contribution in [2.45, 2.75) is 20.4 Å². The number of rotatable bonds is 7. The first-order valence-electron chi connectivity index (χ1n) is 8.70. The van der Waals surface area contributed by atoms with Gasteiger partial charge in [-0.05, 0) is 19.4 Å². The van der Waals surface area contributed by atoms with Crippen LogP contribution in [-0.2, 0) is 11.3 Å². The van der Waals surface area contributed by atoms with Crippen LogP contribution in [0.3, 0.4) is 0 Å². The summed E-state index contributed by atoms with van der Waals surface area (Å²) in [6.45, 7) is 12.4. The zero-order valence-corrected chi connectivity index (χ0v) is 14.5. The van der Waals surface area contributed by atoms with Crippen molar-refractivity contribution in [3.05, 3.63) is 35.9 Å². The quantitative estimate of drug-likeness (QED) is 0.473. The highest BCUT2D eigenvalue weighted by Gasteiger charge is 2.19. The molecule has 0 unspecified atom stereocenters. The smallest absolute Gasteiger partial charge is 0.194 e. The average Bonchev–Trinajstić information content (AvgIpc) is 2.59. The van der Waals surface area contributed by atoms with Gasteiger partial charge >= 0.3 is 0 Å². The van der Waals surface area contributed by atoms with Crippen LogP contribution in [0.4, 0.5) is 0 Å². The maximum Gasteiger partial charge on any atom is 0.194 e. The highest BCUT2D eigenvalue weighted by atomic mass is 16.5. The lowest BCUT2D eigenvalue weighted by Crippen LogP contribution is -2.52. The summed E-state index contributed by atoms with van der Waals surface area (Å²) in [6, 6.07) is 10.7. The Bertz CT molecular complexity index is 455. The van der Waals surface area contributed by atoms with E-state index in [4.69, 9.17) is 4.74 Å². The van der Waals surface area contributed by atoms with Gasteiger partial charge in [-0.15, -0.1) is 0 Å². The van der Waals surface area contributed by atoms with Crippen molar-refractivity contribution in [1.82, 2.24) is 15.1 Å². The molecule has 1 aromatic rings. The molecule has 1 aliphatic rings. The largest absolute Gasteiger partial charge is 0.380 e. The maximum absolute atomic E-state index is 5.37.